The highest BCUT2D eigenvalue weighted by molar-refractivity contribution is 7.13. The molecule has 1 saturated heterocycles. The molecule has 2 aromatic rings. The fourth-order valence-electron chi connectivity index (χ4n) is 2.88. The molecule has 4 nitrogen and oxygen atoms in total. The number of pyridine rings is 1. The lowest BCUT2D eigenvalue weighted by Crippen LogP contribution is -2.41. The van der Waals surface area contributed by atoms with E-state index in [2.05, 4.69) is 22.2 Å². The van der Waals surface area contributed by atoms with Crippen LogP contribution in [0.25, 0.3) is 10.7 Å². The van der Waals surface area contributed by atoms with Crippen molar-refractivity contribution in [3.63, 3.8) is 0 Å². The molecule has 0 saturated carbocycles. The summed E-state index contributed by atoms with van der Waals surface area (Å²) in [5.41, 5.74) is 8.16. The maximum absolute atomic E-state index is 6.05. The fourth-order valence-corrected chi connectivity index (χ4v) is 3.67. The van der Waals surface area contributed by atoms with Crippen LogP contribution in [-0.2, 0) is 6.54 Å². The number of hydrogen-bond acceptors (Lipinski definition) is 5. The number of nitrogens with two attached hydrogens (primary N) is 1. The third-order valence-corrected chi connectivity index (χ3v) is 5.02. The Kier molecular flexibility index (Phi) is 4.63. The predicted octanol–water partition coefficient (Wildman–Crippen LogP) is 2.76. The lowest BCUT2D eigenvalue weighted by atomic mass is 9.92. The maximum atomic E-state index is 6.05. The number of aromatic nitrogens is 2. The van der Waals surface area contributed by atoms with E-state index in [0.29, 0.717) is 5.92 Å². The van der Waals surface area contributed by atoms with Crippen molar-refractivity contribution in [2.75, 3.05) is 13.1 Å². The number of piperidine rings is 1. The minimum absolute atomic E-state index is 0.285. The monoisotopic (exact) mass is 302 g/mol. The summed E-state index contributed by atoms with van der Waals surface area (Å²) < 4.78 is 0. The zero-order valence-electron chi connectivity index (χ0n) is 12.4. The van der Waals surface area contributed by atoms with Crippen LogP contribution in [0.4, 0.5) is 0 Å². The van der Waals surface area contributed by atoms with Gasteiger partial charge >= 0.3 is 0 Å². The molecule has 3 heterocycles. The quantitative estimate of drug-likeness (QED) is 0.943. The van der Waals surface area contributed by atoms with Crippen LogP contribution in [-0.4, -0.2) is 34.0 Å². The standard InChI is InChI=1S/C16H22N4S/c1-12(17)13-5-4-8-20(9-13)10-14-11-21-16(19-14)15-6-2-3-7-18-15/h2-3,6-7,11-13H,4-5,8-10,17H2,1H3. The topological polar surface area (TPSA) is 55.0 Å². The van der Waals surface area contributed by atoms with Crippen molar-refractivity contribution < 1.29 is 0 Å². The van der Waals surface area contributed by atoms with Crippen molar-refractivity contribution in [3.8, 4) is 10.7 Å². The van der Waals surface area contributed by atoms with Gasteiger partial charge < -0.3 is 5.73 Å². The van der Waals surface area contributed by atoms with Gasteiger partial charge in [-0.05, 0) is 44.4 Å². The van der Waals surface area contributed by atoms with E-state index in [-0.39, 0.29) is 6.04 Å². The van der Waals surface area contributed by atoms with Gasteiger partial charge in [0.15, 0.2) is 0 Å². The number of rotatable bonds is 4. The SMILES string of the molecule is CC(N)C1CCCN(Cc2csc(-c3ccccn3)n2)C1. The molecule has 2 unspecified atom stereocenters. The first-order valence-corrected chi connectivity index (χ1v) is 8.44. The summed E-state index contributed by atoms with van der Waals surface area (Å²) in [4.78, 5) is 11.6. The Morgan fingerprint density at radius 1 is 1.48 bits per heavy atom. The molecular formula is C16H22N4S. The molecule has 0 aromatic carbocycles. The molecule has 112 valence electrons. The van der Waals surface area contributed by atoms with Gasteiger partial charge in [0.05, 0.1) is 11.4 Å². The van der Waals surface area contributed by atoms with E-state index in [9.17, 15) is 0 Å². The van der Waals surface area contributed by atoms with Gasteiger partial charge in [0, 0.05) is 30.7 Å². The highest BCUT2D eigenvalue weighted by atomic mass is 32.1. The molecule has 2 N–H and O–H groups in total. The molecule has 1 aliphatic rings. The highest BCUT2D eigenvalue weighted by Crippen LogP contribution is 2.24. The predicted molar refractivity (Wildman–Crippen MR) is 87.0 cm³/mol. The van der Waals surface area contributed by atoms with Crippen LogP contribution in [0.2, 0.25) is 0 Å². The van der Waals surface area contributed by atoms with Crippen LogP contribution in [0.1, 0.15) is 25.5 Å². The van der Waals surface area contributed by atoms with E-state index < -0.39 is 0 Å². The summed E-state index contributed by atoms with van der Waals surface area (Å²) in [5.74, 6) is 0.618. The van der Waals surface area contributed by atoms with Crippen molar-refractivity contribution in [1.82, 2.24) is 14.9 Å². The summed E-state index contributed by atoms with van der Waals surface area (Å²) in [5, 5.41) is 3.16. The summed E-state index contributed by atoms with van der Waals surface area (Å²) in [7, 11) is 0. The lowest BCUT2D eigenvalue weighted by Gasteiger charge is -2.34. The Labute approximate surface area is 130 Å². The lowest BCUT2D eigenvalue weighted by molar-refractivity contribution is 0.153. The maximum Gasteiger partial charge on any atom is 0.142 e. The summed E-state index contributed by atoms with van der Waals surface area (Å²) in [6, 6.07) is 6.23. The highest BCUT2D eigenvalue weighted by Gasteiger charge is 2.23. The van der Waals surface area contributed by atoms with E-state index in [1.54, 1.807) is 11.3 Å². The third kappa shape index (κ3) is 3.67. The number of likely N-dealkylation sites (tertiary alicyclic amines) is 1. The molecule has 5 heteroatoms. The first-order valence-electron chi connectivity index (χ1n) is 7.56. The molecule has 1 fully saturated rings. The van der Waals surface area contributed by atoms with Gasteiger partial charge in [-0.25, -0.2) is 4.98 Å². The van der Waals surface area contributed by atoms with Crippen LogP contribution < -0.4 is 5.73 Å². The van der Waals surface area contributed by atoms with Crippen molar-refractivity contribution in [1.29, 1.82) is 0 Å². The minimum Gasteiger partial charge on any atom is -0.328 e. The smallest absolute Gasteiger partial charge is 0.142 e. The van der Waals surface area contributed by atoms with Gasteiger partial charge in [-0.15, -0.1) is 11.3 Å². The zero-order chi connectivity index (χ0) is 14.7. The van der Waals surface area contributed by atoms with Crippen molar-refractivity contribution in [2.45, 2.75) is 32.4 Å². The second kappa shape index (κ2) is 6.64. The molecule has 2 atom stereocenters. The van der Waals surface area contributed by atoms with E-state index in [1.807, 2.05) is 24.4 Å². The van der Waals surface area contributed by atoms with Crippen molar-refractivity contribution in [3.05, 3.63) is 35.5 Å². The Morgan fingerprint density at radius 3 is 3.14 bits per heavy atom. The molecule has 3 rings (SSSR count). The largest absolute Gasteiger partial charge is 0.328 e. The van der Waals surface area contributed by atoms with Crippen LogP contribution in [0, 0.1) is 5.92 Å². The van der Waals surface area contributed by atoms with Gasteiger partial charge in [-0.2, -0.15) is 0 Å². The van der Waals surface area contributed by atoms with Crippen LogP contribution in [0.15, 0.2) is 29.8 Å². The van der Waals surface area contributed by atoms with Gasteiger partial charge in [0.2, 0.25) is 0 Å². The van der Waals surface area contributed by atoms with Gasteiger partial charge in [-0.3, -0.25) is 9.88 Å². The van der Waals surface area contributed by atoms with Crippen LogP contribution >= 0.6 is 11.3 Å². The van der Waals surface area contributed by atoms with E-state index in [0.717, 1.165) is 36.0 Å². The minimum atomic E-state index is 0.285. The average molecular weight is 302 g/mol. The average Bonchev–Trinajstić information content (AvgIpc) is 2.97. The molecule has 0 spiro atoms. The first kappa shape index (κ1) is 14.6. The van der Waals surface area contributed by atoms with E-state index in [1.165, 1.54) is 12.8 Å². The Balaban J connectivity index is 1.65. The molecule has 0 amide bonds. The van der Waals surface area contributed by atoms with Crippen LogP contribution in [0.5, 0.6) is 0 Å². The fraction of sp³-hybridized carbons (Fsp3) is 0.500. The van der Waals surface area contributed by atoms with Crippen LogP contribution in [0.3, 0.4) is 0 Å². The zero-order valence-corrected chi connectivity index (χ0v) is 13.2. The summed E-state index contributed by atoms with van der Waals surface area (Å²) in [6.07, 6.45) is 4.31. The molecule has 0 radical (unpaired) electrons. The van der Waals surface area contributed by atoms with Gasteiger partial charge in [-0.1, -0.05) is 6.07 Å². The van der Waals surface area contributed by atoms with Gasteiger partial charge in [0.1, 0.15) is 5.01 Å². The Bertz CT molecular complexity index is 567. The van der Waals surface area contributed by atoms with E-state index >= 15 is 0 Å². The Hall–Kier alpha value is -1.30. The van der Waals surface area contributed by atoms with E-state index in [4.69, 9.17) is 10.7 Å². The Morgan fingerprint density at radius 2 is 2.38 bits per heavy atom. The number of thiazole rings is 1. The molecule has 2 aromatic heterocycles. The molecule has 21 heavy (non-hydrogen) atoms. The van der Waals surface area contributed by atoms with Crippen molar-refractivity contribution >= 4 is 11.3 Å². The molecular weight excluding hydrogens is 280 g/mol. The van der Waals surface area contributed by atoms with Crippen molar-refractivity contribution in [2.24, 2.45) is 11.7 Å². The third-order valence-electron chi connectivity index (χ3n) is 4.11. The number of nitrogens with zero attached hydrogens (tertiary/aromatic N) is 3. The second-order valence-electron chi connectivity index (χ2n) is 5.86. The molecule has 0 bridgehead atoms. The van der Waals surface area contributed by atoms with Gasteiger partial charge in [0.25, 0.3) is 0 Å². The summed E-state index contributed by atoms with van der Waals surface area (Å²) in [6.45, 7) is 5.29. The molecule has 1 aliphatic heterocycles. The summed E-state index contributed by atoms with van der Waals surface area (Å²) >= 11 is 1.67. The number of hydrogen-bond donors (Lipinski definition) is 1. The second-order valence-corrected chi connectivity index (χ2v) is 6.71. The molecule has 0 aliphatic carbocycles. The normalized spacial score (nSPS) is 21.3. The first-order chi connectivity index (χ1) is 10.2.